The summed E-state index contributed by atoms with van der Waals surface area (Å²) >= 11 is 0. The maximum Gasteiger partial charge on any atom is 0.0545 e. The SMILES string of the molecule is CN1CCC(C2=CC3CCC2c2cc(N4CC5CCC4c4ccccc45)ccc23)CC1. The number of allylic oxidation sites excluding steroid dienone is 2. The third-order valence-electron chi connectivity index (χ3n) is 9.31. The van der Waals surface area contributed by atoms with Crippen molar-refractivity contribution in [3.63, 3.8) is 0 Å². The van der Waals surface area contributed by atoms with E-state index >= 15 is 0 Å². The van der Waals surface area contributed by atoms with Gasteiger partial charge in [-0.05, 0) is 99.0 Å². The number of piperidine rings is 2. The highest BCUT2D eigenvalue weighted by molar-refractivity contribution is 5.61. The quantitative estimate of drug-likeness (QED) is 0.531. The van der Waals surface area contributed by atoms with Gasteiger partial charge in [0.1, 0.15) is 0 Å². The van der Waals surface area contributed by atoms with E-state index < -0.39 is 0 Å². The topological polar surface area (TPSA) is 6.48 Å². The highest BCUT2D eigenvalue weighted by Crippen LogP contribution is 2.54. The number of nitrogens with zero attached hydrogens (tertiary/aromatic N) is 2. The molecule has 4 unspecified atom stereocenters. The summed E-state index contributed by atoms with van der Waals surface area (Å²) < 4.78 is 0. The lowest BCUT2D eigenvalue weighted by Crippen LogP contribution is -2.42. The minimum absolute atomic E-state index is 0.573. The Morgan fingerprint density at radius 3 is 2.45 bits per heavy atom. The molecule has 0 spiro atoms. The van der Waals surface area contributed by atoms with Crippen LogP contribution >= 0.6 is 0 Å². The van der Waals surface area contributed by atoms with Gasteiger partial charge in [0.05, 0.1) is 6.04 Å². The Kier molecular flexibility index (Phi) is 4.16. The smallest absolute Gasteiger partial charge is 0.0545 e. The molecular formula is C29H34N2. The number of fused-ring (bicyclic) bond motifs is 3. The number of anilines is 1. The molecule has 2 nitrogen and oxygen atoms in total. The van der Waals surface area contributed by atoms with Crippen LogP contribution in [0.2, 0.25) is 0 Å². The van der Waals surface area contributed by atoms with Crippen molar-refractivity contribution in [1.82, 2.24) is 4.90 Å². The molecule has 4 bridgehead atoms. The molecule has 2 saturated heterocycles. The predicted octanol–water partition coefficient (Wildman–Crippen LogP) is 6.37. The van der Waals surface area contributed by atoms with Gasteiger partial charge >= 0.3 is 0 Å². The summed E-state index contributed by atoms with van der Waals surface area (Å²) in [7, 11) is 2.28. The van der Waals surface area contributed by atoms with Crippen LogP contribution in [0.15, 0.2) is 54.1 Å². The molecule has 4 aliphatic carbocycles. The zero-order valence-electron chi connectivity index (χ0n) is 18.8. The largest absolute Gasteiger partial charge is 0.364 e. The van der Waals surface area contributed by atoms with Gasteiger partial charge in [0, 0.05) is 30.0 Å². The van der Waals surface area contributed by atoms with Crippen molar-refractivity contribution < 1.29 is 0 Å². The summed E-state index contributed by atoms with van der Waals surface area (Å²) in [6.45, 7) is 3.73. The van der Waals surface area contributed by atoms with Crippen LogP contribution < -0.4 is 4.90 Å². The molecule has 3 heterocycles. The molecule has 0 saturated carbocycles. The van der Waals surface area contributed by atoms with Gasteiger partial charge in [-0.25, -0.2) is 0 Å². The van der Waals surface area contributed by atoms with Crippen molar-refractivity contribution in [2.45, 2.75) is 62.3 Å². The zero-order valence-corrected chi connectivity index (χ0v) is 18.8. The molecule has 2 heteroatoms. The minimum atomic E-state index is 0.573. The summed E-state index contributed by atoms with van der Waals surface area (Å²) in [4.78, 5) is 5.26. The zero-order chi connectivity index (χ0) is 20.5. The van der Waals surface area contributed by atoms with E-state index in [0.717, 1.165) is 5.92 Å². The van der Waals surface area contributed by atoms with Crippen molar-refractivity contribution in [2.24, 2.45) is 5.92 Å². The van der Waals surface area contributed by atoms with Crippen LogP contribution in [0.3, 0.4) is 0 Å². The summed E-state index contributed by atoms with van der Waals surface area (Å²) in [5.41, 5.74) is 9.83. The molecule has 3 aliphatic heterocycles. The van der Waals surface area contributed by atoms with Crippen molar-refractivity contribution >= 4 is 5.69 Å². The van der Waals surface area contributed by atoms with E-state index in [1.54, 1.807) is 27.8 Å². The molecule has 2 aromatic carbocycles. The monoisotopic (exact) mass is 410 g/mol. The van der Waals surface area contributed by atoms with Gasteiger partial charge in [-0.3, -0.25) is 0 Å². The Morgan fingerprint density at radius 1 is 0.742 bits per heavy atom. The van der Waals surface area contributed by atoms with Gasteiger partial charge in [0.2, 0.25) is 0 Å². The lowest BCUT2D eigenvalue weighted by Gasteiger charge is -2.49. The minimum Gasteiger partial charge on any atom is -0.364 e. The van der Waals surface area contributed by atoms with Crippen LogP contribution in [0.5, 0.6) is 0 Å². The number of rotatable bonds is 2. The van der Waals surface area contributed by atoms with E-state index in [4.69, 9.17) is 0 Å². The molecular weight excluding hydrogens is 376 g/mol. The first kappa shape index (κ1) is 18.5. The maximum atomic E-state index is 2.75. The van der Waals surface area contributed by atoms with E-state index in [1.165, 1.54) is 63.8 Å². The Morgan fingerprint density at radius 2 is 1.58 bits per heavy atom. The van der Waals surface area contributed by atoms with E-state index in [9.17, 15) is 0 Å². The standard InChI is InChI=1S/C29H34N2/c1-30-14-12-19(13-15-30)27-16-20-6-9-25(27)28-17-22(8-10-24(20)28)31-18-21-7-11-29(31)26-5-3-2-4-23(21)26/h2-5,8,10,16-17,19-21,25,29H,6-7,9,11-15,18H2,1H3. The molecule has 31 heavy (non-hydrogen) atoms. The third-order valence-corrected chi connectivity index (χ3v) is 9.31. The molecule has 4 atom stereocenters. The van der Waals surface area contributed by atoms with Gasteiger partial charge in [-0.15, -0.1) is 0 Å². The Labute approximate surface area is 186 Å². The molecule has 0 amide bonds. The normalized spacial score (nSPS) is 32.0. The second-order valence-electron chi connectivity index (χ2n) is 10.9. The van der Waals surface area contributed by atoms with Crippen molar-refractivity contribution in [3.05, 3.63) is 76.4 Å². The average molecular weight is 411 g/mol. The highest BCUT2D eigenvalue weighted by atomic mass is 15.2. The van der Waals surface area contributed by atoms with Crippen LogP contribution in [-0.2, 0) is 0 Å². The molecule has 2 fully saturated rings. The van der Waals surface area contributed by atoms with Crippen molar-refractivity contribution in [2.75, 3.05) is 31.6 Å². The van der Waals surface area contributed by atoms with Gasteiger partial charge in [0.25, 0.3) is 0 Å². The average Bonchev–Trinajstić information content (AvgIpc) is 2.85. The Hall–Kier alpha value is -2.06. The van der Waals surface area contributed by atoms with Crippen LogP contribution in [0.25, 0.3) is 0 Å². The number of likely N-dealkylation sites (tertiary alicyclic amines) is 1. The summed E-state index contributed by atoms with van der Waals surface area (Å²) in [6, 6.07) is 17.4. The molecule has 0 radical (unpaired) electrons. The second-order valence-corrected chi connectivity index (χ2v) is 10.9. The van der Waals surface area contributed by atoms with E-state index in [1.807, 2.05) is 0 Å². The first-order chi connectivity index (χ1) is 15.3. The second kappa shape index (κ2) is 6.97. The number of benzene rings is 2. The van der Waals surface area contributed by atoms with E-state index in [2.05, 4.69) is 65.4 Å². The number of hydrogen-bond donors (Lipinski definition) is 0. The molecule has 0 aromatic heterocycles. The summed E-state index contributed by atoms with van der Waals surface area (Å²) in [5, 5.41) is 0. The fraction of sp³-hybridized carbons (Fsp3) is 0.517. The molecule has 7 aliphatic rings. The maximum absolute atomic E-state index is 2.75. The Bertz CT molecular complexity index is 1040. The summed E-state index contributed by atoms with van der Waals surface area (Å²) in [5.74, 6) is 2.88. The fourth-order valence-corrected chi connectivity index (χ4v) is 7.69. The van der Waals surface area contributed by atoms with Gasteiger partial charge in [0.15, 0.2) is 0 Å². The Balaban J connectivity index is 1.23. The van der Waals surface area contributed by atoms with Gasteiger partial charge < -0.3 is 9.80 Å². The van der Waals surface area contributed by atoms with Crippen molar-refractivity contribution in [3.8, 4) is 0 Å². The van der Waals surface area contributed by atoms with Gasteiger partial charge in [-0.2, -0.15) is 0 Å². The van der Waals surface area contributed by atoms with E-state index in [0.29, 0.717) is 23.8 Å². The van der Waals surface area contributed by atoms with Crippen molar-refractivity contribution in [1.29, 1.82) is 0 Å². The van der Waals surface area contributed by atoms with Gasteiger partial charge in [-0.1, -0.05) is 42.0 Å². The first-order valence-corrected chi connectivity index (χ1v) is 12.7. The van der Waals surface area contributed by atoms with E-state index in [-0.39, 0.29) is 0 Å². The summed E-state index contributed by atoms with van der Waals surface area (Å²) in [6.07, 6.45) is 10.8. The first-order valence-electron chi connectivity index (χ1n) is 12.7. The molecule has 160 valence electrons. The molecule has 9 rings (SSSR count). The van der Waals surface area contributed by atoms with Crippen LogP contribution in [0.4, 0.5) is 5.69 Å². The lowest BCUT2D eigenvalue weighted by molar-refractivity contribution is 0.230. The highest BCUT2D eigenvalue weighted by Gasteiger charge is 2.40. The molecule has 0 N–H and O–H groups in total. The molecule has 2 aromatic rings. The van der Waals surface area contributed by atoms with Crippen LogP contribution in [-0.4, -0.2) is 31.6 Å². The van der Waals surface area contributed by atoms with Crippen LogP contribution in [0, 0.1) is 5.92 Å². The number of hydrogen-bond acceptors (Lipinski definition) is 2. The third kappa shape index (κ3) is 2.80. The predicted molar refractivity (Wildman–Crippen MR) is 128 cm³/mol. The fourth-order valence-electron chi connectivity index (χ4n) is 7.69. The van der Waals surface area contributed by atoms with Crippen LogP contribution in [0.1, 0.15) is 84.6 Å². The lowest BCUT2D eigenvalue weighted by atomic mass is 9.63.